The molecule has 174 valence electrons. The number of phenolic OH excluding ortho intramolecular Hbond substituents is 1. The van der Waals surface area contributed by atoms with E-state index in [1.807, 2.05) is 30.4 Å². The zero-order valence-corrected chi connectivity index (χ0v) is 20.7. The van der Waals surface area contributed by atoms with Gasteiger partial charge in [0, 0.05) is 34.5 Å². The van der Waals surface area contributed by atoms with E-state index in [1.54, 1.807) is 23.9 Å². The number of aliphatic carboxylic acids is 1. The van der Waals surface area contributed by atoms with Crippen molar-refractivity contribution in [2.45, 2.75) is 61.9 Å². The highest BCUT2D eigenvalue weighted by Gasteiger charge is 2.36. The summed E-state index contributed by atoms with van der Waals surface area (Å²) in [6.07, 6.45) is 1.59. The number of aromatic hydroxyl groups is 1. The van der Waals surface area contributed by atoms with Crippen LogP contribution >= 0.6 is 35.3 Å². The molecule has 0 bridgehead atoms. The van der Waals surface area contributed by atoms with Crippen molar-refractivity contribution < 1.29 is 29.6 Å². The highest BCUT2D eigenvalue weighted by molar-refractivity contribution is 8.22. The summed E-state index contributed by atoms with van der Waals surface area (Å²) < 4.78 is 5.73. The van der Waals surface area contributed by atoms with Gasteiger partial charge in [0.15, 0.2) is 5.78 Å². The van der Waals surface area contributed by atoms with E-state index < -0.39 is 12.1 Å². The van der Waals surface area contributed by atoms with Crippen molar-refractivity contribution in [2.75, 3.05) is 23.9 Å². The molecule has 0 aromatic heterocycles. The van der Waals surface area contributed by atoms with Crippen molar-refractivity contribution in [3.05, 3.63) is 23.3 Å². The molecule has 0 saturated carbocycles. The van der Waals surface area contributed by atoms with Gasteiger partial charge in [-0.2, -0.15) is 11.8 Å². The lowest BCUT2D eigenvalue weighted by Gasteiger charge is -2.21. The molecule has 1 aliphatic heterocycles. The van der Waals surface area contributed by atoms with Crippen LogP contribution in [-0.2, 0) is 11.2 Å². The number of carboxylic acid groups (broad SMARTS) is 1. The molecular formula is C22H32O6S3. The molecule has 0 radical (unpaired) electrons. The van der Waals surface area contributed by atoms with Crippen LogP contribution < -0.4 is 4.74 Å². The normalized spacial score (nSPS) is 21.7. The zero-order chi connectivity index (χ0) is 23.0. The molecule has 1 heterocycles. The van der Waals surface area contributed by atoms with Crippen molar-refractivity contribution in [2.24, 2.45) is 0 Å². The first kappa shape index (κ1) is 26.2. The third-order valence-corrected chi connectivity index (χ3v) is 10.0. The maximum atomic E-state index is 11.7. The second-order valence-corrected chi connectivity index (χ2v) is 12.5. The Morgan fingerprint density at radius 1 is 1.39 bits per heavy atom. The number of ether oxygens (including phenoxy) is 1. The minimum atomic E-state index is -0.755. The van der Waals surface area contributed by atoms with Crippen LogP contribution in [0.2, 0.25) is 0 Å². The van der Waals surface area contributed by atoms with Gasteiger partial charge >= 0.3 is 5.97 Å². The molecule has 0 amide bonds. The van der Waals surface area contributed by atoms with Crippen molar-refractivity contribution >= 4 is 47.0 Å². The van der Waals surface area contributed by atoms with Gasteiger partial charge in [0.1, 0.15) is 18.1 Å². The molecule has 0 spiro atoms. The average Bonchev–Trinajstić information content (AvgIpc) is 3.08. The lowest BCUT2D eigenvalue weighted by atomic mass is 10.0. The second kappa shape index (κ2) is 12.3. The molecule has 9 heteroatoms. The Kier molecular flexibility index (Phi) is 10.4. The number of rotatable bonds is 13. The number of thioether (sulfide) groups is 3. The molecule has 1 aliphatic rings. The fraction of sp³-hybridized carbons (Fsp3) is 0.636. The van der Waals surface area contributed by atoms with E-state index in [2.05, 4.69) is 6.92 Å². The molecule has 2 rings (SSSR count). The van der Waals surface area contributed by atoms with Crippen molar-refractivity contribution in [1.82, 2.24) is 0 Å². The smallest absolute Gasteiger partial charge is 0.303 e. The van der Waals surface area contributed by atoms with Crippen molar-refractivity contribution in [3.8, 4) is 11.5 Å². The molecule has 6 nitrogen and oxygen atoms in total. The van der Waals surface area contributed by atoms with E-state index >= 15 is 0 Å². The van der Waals surface area contributed by atoms with Gasteiger partial charge in [-0.25, -0.2) is 0 Å². The predicted molar refractivity (Wildman–Crippen MR) is 130 cm³/mol. The Morgan fingerprint density at radius 2 is 2.13 bits per heavy atom. The molecule has 3 unspecified atom stereocenters. The Hall–Kier alpha value is -1.03. The number of benzene rings is 1. The molecule has 0 aliphatic carbocycles. The monoisotopic (exact) mass is 488 g/mol. The molecule has 3 N–H and O–H groups in total. The fourth-order valence-electron chi connectivity index (χ4n) is 3.34. The summed E-state index contributed by atoms with van der Waals surface area (Å²) in [5, 5.41) is 30.1. The predicted octanol–water partition coefficient (Wildman–Crippen LogP) is 4.45. The SMILES string of the molecule is CCCc1c(OCC(O)CSCC2CSC(C)(CCC(=O)O)S2)ccc(C(C)=O)c1O. The Balaban J connectivity index is 1.79. The largest absolute Gasteiger partial charge is 0.507 e. The summed E-state index contributed by atoms with van der Waals surface area (Å²) >= 11 is 5.33. The topological polar surface area (TPSA) is 104 Å². The van der Waals surface area contributed by atoms with Gasteiger partial charge in [-0.3, -0.25) is 9.59 Å². The van der Waals surface area contributed by atoms with E-state index in [9.17, 15) is 19.8 Å². The molecular weight excluding hydrogens is 456 g/mol. The van der Waals surface area contributed by atoms with Gasteiger partial charge in [0.05, 0.1) is 15.7 Å². The Morgan fingerprint density at radius 3 is 2.77 bits per heavy atom. The van der Waals surface area contributed by atoms with E-state index in [4.69, 9.17) is 9.84 Å². The standard InChI is InChI=1S/C22H32O6S3/c1-4-5-18-19(7-6-17(14(2)23)21(18)27)28-10-15(24)11-29-12-16-13-30-22(3,31-16)9-8-20(25)26/h6-7,15-16,24,27H,4-5,8-13H2,1-3H3,(H,25,26). The van der Waals surface area contributed by atoms with Crippen molar-refractivity contribution in [1.29, 1.82) is 0 Å². The molecule has 31 heavy (non-hydrogen) atoms. The Labute approximate surface area is 196 Å². The summed E-state index contributed by atoms with van der Waals surface area (Å²) in [6, 6.07) is 3.25. The molecule has 1 saturated heterocycles. The first-order valence-electron chi connectivity index (χ1n) is 10.4. The number of carbonyl (C=O) groups is 2. The average molecular weight is 489 g/mol. The van der Waals surface area contributed by atoms with Gasteiger partial charge < -0.3 is 20.1 Å². The number of carbonyl (C=O) groups excluding carboxylic acids is 1. The minimum Gasteiger partial charge on any atom is -0.507 e. The summed E-state index contributed by atoms with van der Waals surface area (Å²) in [4.78, 5) is 22.5. The van der Waals surface area contributed by atoms with Gasteiger partial charge in [-0.15, -0.1) is 23.5 Å². The number of aliphatic hydroxyl groups is 1. The van der Waals surface area contributed by atoms with Crippen LogP contribution in [0.25, 0.3) is 0 Å². The number of carboxylic acids is 1. The number of hydrogen-bond acceptors (Lipinski definition) is 8. The maximum absolute atomic E-state index is 11.7. The van der Waals surface area contributed by atoms with E-state index in [-0.39, 0.29) is 34.2 Å². The van der Waals surface area contributed by atoms with Crippen LogP contribution in [0.3, 0.4) is 0 Å². The lowest BCUT2D eigenvalue weighted by molar-refractivity contribution is -0.137. The first-order chi connectivity index (χ1) is 14.6. The van der Waals surface area contributed by atoms with Crippen LogP contribution in [0, 0.1) is 0 Å². The molecule has 3 atom stereocenters. The molecule has 1 aromatic carbocycles. The minimum absolute atomic E-state index is 0.0302. The molecule has 1 fully saturated rings. The summed E-state index contributed by atoms with van der Waals surface area (Å²) in [5.41, 5.74) is 0.893. The van der Waals surface area contributed by atoms with Gasteiger partial charge in [0.2, 0.25) is 0 Å². The summed E-state index contributed by atoms with van der Waals surface area (Å²) in [7, 11) is 0. The number of phenols is 1. The van der Waals surface area contributed by atoms with Crippen LogP contribution in [0.15, 0.2) is 12.1 Å². The van der Waals surface area contributed by atoms with Gasteiger partial charge in [-0.1, -0.05) is 13.3 Å². The highest BCUT2D eigenvalue weighted by atomic mass is 32.2. The molecule has 1 aromatic rings. The number of Topliss-reactive ketones (excluding diaryl/α,β-unsaturated/α-hetero) is 1. The number of aliphatic hydroxyl groups excluding tert-OH is 1. The van der Waals surface area contributed by atoms with Gasteiger partial charge in [-0.05, 0) is 38.8 Å². The summed E-state index contributed by atoms with van der Waals surface area (Å²) in [5.74, 6) is 1.95. The number of hydrogen-bond donors (Lipinski definition) is 3. The van der Waals surface area contributed by atoms with Crippen LogP contribution in [0.1, 0.15) is 56.0 Å². The van der Waals surface area contributed by atoms with Gasteiger partial charge in [0.25, 0.3) is 0 Å². The second-order valence-electron chi connectivity index (χ2n) is 7.83. The van der Waals surface area contributed by atoms with Crippen LogP contribution in [0.5, 0.6) is 11.5 Å². The van der Waals surface area contributed by atoms with Crippen molar-refractivity contribution in [3.63, 3.8) is 0 Å². The number of ketones is 1. The fourth-order valence-corrected chi connectivity index (χ4v) is 8.12. The first-order valence-corrected chi connectivity index (χ1v) is 13.4. The lowest BCUT2D eigenvalue weighted by Crippen LogP contribution is -2.22. The quantitative estimate of drug-likeness (QED) is 0.347. The maximum Gasteiger partial charge on any atom is 0.303 e. The van der Waals surface area contributed by atoms with E-state index in [0.717, 1.165) is 17.9 Å². The third kappa shape index (κ3) is 8.11. The Bertz CT molecular complexity index is 772. The van der Waals surface area contributed by atoms with E-state index in [0.29, 0.717) is 35.2 Å². The summed E-state index contributed by atoms with van der Waals surface area (Å²) in [6.45, 7) is 5.63. The van der Waals surface area contributed by atoms with Crippen LogP contribution in [-0.4, -0.2) is 66.4 Å². The zero-order valence-electron chi connectivity index (χ0n) is 18.3. The third-order valence-electron chi connectivity index (χ3n) is 4.95. The van der Waals surface area contributed by atoms with Crippen LogP contribution in [0.4, 0.5) is 0 Å². The highest BCUT2D eigenvalue weighted by Crippen LogP contribution is 2.51. The van der Waals surface area contributed by atoms with E-state index in [1.165, 1.54) is 6.92 Å².